The van der Waals surface area contributed by atoms with Crippen molar-refractivity contribution in [3.8, 4) is 11.5 Å². The Balaban J connectivity index is 1.50. The fraction of sp³-hybridized carbons (Fsp3) is 0.350. The Morgan fingerprint density at radius 1 is 1.12 bits per heavy atom. The molecule has 2 amide bonds. The Kier molecular flexibility index (Phi) is 3.99. The average molecular weight is 338 g/mol. The van der Waals surface area contributed by atoms with Crippen LogP contribution in [0.3, 0.4) is 0 Å². The minimum Gasteiger partial charge on any atom is -0.493 e. The molecule has 0 unspecified atom stereocenters. The van der Waals surface area contributed by atoms with Crippen LogP contribution < -0.4 is 20.1 Å². The first-order chi connectivity index (χ1) is 12.1. The zero-order valence-electron chi connectivity index (χ0n) is 14.6. The maximum atomic E-state index is 12.4. The third-order valence-corrected chi connectivity index (χ3v) is 4.83. The van der Waals surface area contributed by atoms with Crippen molar-refractivity contribution >= 4 is 11.7 Å². The summed E-state index contributed by atoms with van der Waals surface area (Å²) in [6.45, 7) is 5.82. The first-order valence-electron chi connectivity index (χ1n) is 8.67. The second-order valence-electron chi connectivity index (χ2n) is 6.64. The molecular formula is C20H22N2O3. The third-order valence-electron chi connectivity index (χ3n) is 4.83. The number of aryl methyl sites for hydroxylation is 2. The van der Waals surface area contributed by atoms with Crippen molar-refractivity contribution in [1.29, 1.82) is 0 Å². The van der Waals surface area contributed by atoms with Gasteiger partial charge in [0.05, 0.1) is 13.2 Å². The highest BCUT2D eigenvalue weighted by Crippen LogP contribution is 2.40. The van der Waals surface area contributed by atoms with Gasteiger partial charge in [-0.3, -0.25) is 0 Å². The Hall–Kier alpha value is -2.69. The monoisotopic (exact) mass is 338 g/mol. The molecule has 0 bridgehead atoms. The largest absolute Gasteiger partial charge is 0.493 e. The highest BCUT2D eigenvalue weighted by Gasteiger charge is 2.26. The zero-order chi connectivity index (χ0) is 17.4. The fourth-order valence-corrected chi connectivity index (χ4v) is 3.48. The Bertz CT molecular complexity index is 813. The van der Waals surface area contributed by atoms with E-state index in [1.165, 1.54) is 5.56 Å². The molecule has 5 nitrogen and oxygen atoms in total. The van der Waals surface area contributed by atoms with Crippen molar-refractivity contribution in [2.75, 3.05) is 18.5 Å². The predicted octanol–water partition coefficient (Wildman–Crippen LogP) is 3.49. The number of hydrogen-bond donors (Lipinski definition) is 2. The molecule has 2 heterocycles. The van der Waals surface area contributed by atoms with Crippen molar-refractivity contribution in [2.45, 2.75) is 33.2 Å². The number of carbonyl (C=O) groups is 1. The summed E-state index contributed by atoms with van der Waals surface area (Å²) in [5, 5.41) is 5.90. The van der Waals surface area contributed by atoms with Gasteiger partial charge >= 0.3 is 6.03 Å². The highest BCUT2D eigenvalue weighted by molar-refractivity contribution is 5.90. The molecule has 0 radical (unpaired) electrons. The number of benzene rings is 2. The van der Waals surface area contributed by atoms with E-state index in [0.717, 1.165) is 52.3 Å². The number of nitrogens with one attached hydrogen (secondary N) is 2. The summed E-state index contributed by atoms with van der Waals surface area (Å²) >= 11 is 0. The number of carbonyl (C=O) groups excluding carboxylic acids is 1. The SMILES string of the molecule is Cc1ccc(C)c(NC(=O)NCc2c3c(cc4c2OCC4)OCC3)c1. The molecule has 0 saturated heterocycles. The van der Waals surface area contributed by atoms with Gasteiger partial charge in [0.25, 0.3) is 0 Å². The molecule has 0 aliphatic carbocycles. The van der Waals surface area contributed by atoms with E-state index in [-0.39, 0.29) is 6.03 Å². The molecule has 0 atom stereocenters. The van der Waals surface area contributed by atoms with Crippen LogP contribution in [0.15, 0.2) is 24.3 Å². The highest BCUT2D eigenvalue weighted by atomic mass is 16.5. The molecule has 25 heavy (non-hydrogen) atoms. The molecule has 2 aromatic rings. The van der Waals surface area contributed by atoms with Crippen LogP contribution in [-0.4, -0.2) is 19.2 Å². The van der Waals surface area contributed by atoms with E-state index in [0.29, 0.717) is 19.8 Å². The summed E-state index contributed by atoms with van der Waals surface area (Å²) < 4.78 is 11.5. The minimum absolute atomic E-state index is 0.211. The van der Waals surface area contributed by atoms with Crippen LogP contribution in [-0.2, 0) is 19.4 Å². The lowest BCUT2D eigenvalue weighted by molar-refractivity contribution is 0.251. The van der Waals surface area contributed by atoms with Crippen LogP contribution >= 0.6 is 0 Å². The summed E-state index contributed by atoms with van der Waals surface area (Å²) in [7, 11) is 0. The van der Waals surface area contributed by atoms with Gasteiger partial charge in [-0.2, -0.15) is 0 Å². The Morgan fingerprint density at radius 3 is 2.84 bits per heavy atom. The van der Waals surface area contributed by atoms with E-state index in [4.69, 9.17) is 9.47 Å². The molecule has 2 aromatic carbocycles. The molecule has 5 heteroatoms. The minimum atomic E-state index is -0.211. The zero-order valence-corrected chi connectivity index (χ0v) is 14.6. The maximum Gasteiger partial charge on any atom is 0.319 e. The van der Waals surface area contributed by atoms with E-state index >= 15 is 0 Å². The number of rotatable bonds is 3. The lowest BCUT2D eigenvalue weighted by Crippen LogP contribution is -2.29. The summed E-state index contributed by atoms with van der Waals surface area (Å²) in [4.78, 5) is 12.4. The summed E-state index contributed by atoms with van der Waals surface area (Å²) in [6, 6.07) is 7.89. The quantitative estimate of drug-likeness (QED) is 0.900. The van der Waals surface area contributed by atoms with E-state index in [1.807, 2.05) is 32.0 Å². The molecule has 130 valence electrons. The van der Waals surface area contributed by atoms with Crippen LogP contribution in [0.25, 0.3) is 0 Å². The first-order valence-corrected chi connectivity index (χ1v) is 8.67. The van der Waals surface area contributed by atoms with Gasteiger partial charge in [0.1, 0.15) is 11.5 Å². The third kappa shape index (κ3) is 3.02. The second kappa shape index (κ2) is 6.31. The molecule has 0 fully saturated rings. The van der Waals surface area contributed by atoms with E-state index in [2.05, 4.69) is 16.7 Å². The smallest absolute Gasteiger partial charge is 0.319 e. The Morgan fingerprint density at radius 2 is 1.96 bits per heavy atom. The number of hydrogen-bond acceptors (Lipinski definition) is 3. The number of urea groups is 1. The first kappa shape index (κ1) is 15.8. The van der Waals surface area contributed by atoms with Gasteiger partial charge in [0.2, 0.25) is 0 Å². The summed E-state index contributed by atoms with van der Waals surface area (Å²) in [6.07, 6.45) is 1.76. The maximum absolute atomic E-state index is 12.4. The molecule has 0 spiro atoms. The standard InChI is InChI=1S/C20H22N2O3/c1-12-3-4-13(2)17(9-12)22-20(23)21-11-16-15-6-8-24-18(15)10-14-5-7-25-19(14)16/h3-4,9-10H,5-8,11H2,1-2H3,(H2,21,22,23). The van der Waals surface area contributed by atoms with Gasteiger partial charge in [-0.1, -0.05) is 12.1 Å². The fourth-order valence-electron chi connectivity index (χ4n) is 3.48. The average Bonchev–Trinajstić information content (AvgIpc) is 3.23. The second-order valence-corrected chi connectivity index (χ2v) is 6.64. The van der Waals surface area contributed by atoms with Gasteiger partial charge in [-0.05, 0) is 37.1 Å². The Labute approximate surface area is 147 Å². The van der Waals surface area contributed by atoms with Gasteiger partial charge < -0.3 is 20.1 Å². The van der Waals surface area contributed by atoms with Crippen molar-refractivity contribution in [3.63, 3.8) is 0 Å². The molecule has 2 N–H and O–H groups in total. The van der Waals surface area contributed by atoms with Gasteiger partial charge in [-0.25, -0.2) is 4.79 Å². The number of amides is 2. The molecule has 2 aliphatic rings. The molecular weight excluding hydrogens is 316 g/mol. The summed E-state index contributed by atoms with van der Waals surface area (Å²) in [5.41, 5.74) is 6.38. The van der Waals surface area contributed by atoms with Crippen LogP contribution in [0.4, 0.5) is 10.5 Å². The van der Waals surface area contributed by atoms with Crippen molar-refractivity contribution in [1.82, 2.24) is 5.32 Å². The normalized spacial score (nSPS) is 14.3. The number of fused-ring (bicyclic) bond motifs is 2. The lowest BCUT2D eigenvalue weighted by atomic mass is 9.99. The number of anilines is 1. The van der Waals surface area contributed by atoms with Gasteiger partial charge in [0, 0.05) is 41.8 Å². The van der Waals surface area contributed by atoms with Gasteiger partial charge in [-0.15, -0.1) is 0 Å². The number of ether oxygens (including phenoxy) is 2. The predicted molar refractivity (Wildman–Crippen MR) is 96.6 cm³/mol. The lowest BCUT2D eigenvalue weighted by Gasteiger charge is -2.15. The summed E-state index contributed by atoms with van der Waals surface area (Å²) in [5.74, 6) is 1.87. The van der Waals surface area contributed by atoms with E-state index < -0.39 is 0 Å². The molecule has 2 aliphatic heterocycles. The van der Waals surface area contributed by atoms with Crippen LogP contribution in [0, 0.1) is 13.8 Å². The van der Waals surface area contributed by atoms with Gasteiger partial charge in [0.15, 0.2) is 0 Å². The van der Waals surface area contributed by atoms with Crippen LogP contribution in [0.1, 0.15) is 27.8 Å². The molecule has 4 rings (SSSR count). The molecule has 0 saturated carbocycles. The topological polar surface area (TPSA) is 59.6 Å². The van der Waals surface area contributed by atoms with Crippen LogP contribution in [0.5, 0.6) is 11.5 Å². The van der Waals surface area contributed by atoms with Crippen molar-refractivity contribution in [3.05, 3.63) is 52.1 Å². The van der Waals surface area contributed by atoms with E-state index in [9.17, 15) is 4.79 Å². The van der Waals surface area contributed by atoms with Crippen molar-refractivity contribution < 1.29 is 14.3 Å². The molecule has 0 aromatic heterocycles. The van der Waals surface area contributed by atoms with E-state index in [1.54, 1.807) is 0 Å². The van der Waals surface area contributed by atoms with Crippen molar-refractivity contribution in [2.24, 2.45) is 0 Å². The van der Waals surface area contributed by atoms with Crippen LogP contribution in [0.2, 0.25) is 0 Å².